The molecule has 7 heteroatoms. The number of aryl methyl sites for hydroxylation is 1. The summed E-state index contributed by atoms with van der Waals surface area (Å²) in [5, 5.41) is 0. The molecule has 0 bridgehead atoms. The zero-order chi connectivity index (χ0) is 14.5. The van der Waals surface area contributed by atoms with E-state index in [9.17, 15) is 18.0 Å². The lowest BCUT2D eigenvalue weighted by atomic mass is 10.1. The second kappa shape index (κ2) is 6.26. The van der Waals surface area contributed by atoms with Gasteiger partial charge >= 0.3 is 5.97 Å². The zero-order valence-electron chi connectivity index (χ0n) is 10.5. The highest BCUT2D eigenvalue weighted by atomic mass is 32.2. The Labute approximate surface area is 111 Å². The van der Waals surface area contributed by atoms with E-state index >= 15 is 0 Å². The van der Waals surface area contributed by atoms with Crippen molar-refractivity contribution in [1.82, 2.24) is 0 Å². The van der Waals surface area contributed by atoms with Crippen molar-refractivity contribution >= 4 is 22.1 Å². The third-order valence-electron chi connectivity index (χ3n) is 2.39. The van der Waals surface area contributed by atoms with Crippen LogP contribution in [0.15, 0.2) is 27.5 Å². The topological polar surface area (TPSA) is 89.9 Å². The predicted molar refractivity (Wildman–Crippen MR) is 67.1 cm³/mol. The first kappa shape index (κ1) is 15.1. The van der Waals surface area contributed by atoms with E-state index < -0.39 is 16.0 Å². The molecule has 1 rings (SSSR count). The van der Waals surface area contributed by atoms with Gasteiger partial charge in [-0.3, -0.25) is 0 Å². The van der Waals surface area contributed by atoms with Gasteiger partial charge in [-0.15, -0.1) is 0 Å². The van der Waals surface area contributed by atoms with Crippen LogP contribution in [0.25, 0.3) is 0 Å². The van der Waals surface area contributed by atoms with Crippen LogP contribution in [0, 0.1) is 0 Å². The van der Waals surface area contributed by atoms with E-state index in [-0.39, 0.29) is 17.1 Å². The fourth-order valence-electron chi connectivity index (χ4n) is 1.63. The van der Waals surface area contributed by atoms with Crippen LogP contribution in [-0.4, -0.2) is 27.1 Å². The van der Waals surface area contributed by atoms with E-state index in [1.807, 2.05) is 0 Å². The summed E-state index contributed by atoms with van der Waals surface area (Å²) in [4.78, 5) is 21.7. The molecule has 0 aliphatic carbocycles. The van der Waals surface area contributed by atoms with Crippen molar-refractivity contribution in [2.75, 3.05) is 6.61 Å². The van der Waals surface area contributed by atoms with Crippen molar-refractivity contribution in [3.05, 3.63) is 29.3 Å². The summed E-state index contributed by atoms with van der Waals surface area (Å²) >= 11 is 0. The molecule has 0 fully saturated rings. The van der Waals surface area contributed by atoms with Crippen molar-refractivity contribution in [3.63, 3.8) is 0 Å². The van der Waals surface area contributed by atoms with Gasteiger partial charge in [0.05, 0.1) is 12.2 Å². The summed E-state index contributed by atoms with van der Waals surface area (Å²) in [6, 6.07) is 4.43. The Bertz CT molecular complexity index is 630. The van der Waals surface area contributed by atoms with Gasteiger partial charge in [0.2, 0.25) is 0 Å². The molecule has 0 aliphatic heterocycles. The van der Waals surface area contributed by atoms with Crippen molar-refractivity contribution in [2.45, 2.75) is 25.2 Å². The lowest BCUT2D eigenvalue weighted by Crippen LogP contribution is -2.13. The van der Waals surface area contributed by atoms with E-state index in [2.05, 4.69) is 4.40 Å². The smallest absolute Gasteiger partial charge is 0.339 e. The number of hydrogen-bond donors (Lipinski definition) is 0. The highest BCUT2D eigenvalue weighted by molar-refractivity contribution is 7.90. The number of benzene rings is 1. The molecular formula is C12H13NO5S. The van der Waals surface area contributed by atoms with Crippen molar-refractivity contribution < 1.29 is 22.7 Å². The quantitative estimate of drug-likeness (QED) is 0.463. The summed E-state index contributed by atoms with van der Waals surface area (Å²) in [6.45, 7) is 3.46. The fraction of sp³-hybridized carbons (Fsp3) is 0.333. The Morgan fingerprint density at radius 1 is 1.37 bits per heavy atom. The fourth-order valence-corrected chi connectivity index (χ4v) is 2.79. The van der Waals surface area contributed by atoms with Gasteiger partial charge in [-0.25, -0.2) is 9.59 Å². The van der Waals surface area contributed by atoms with Gasteiger partial charge in [-0.2, -0.15) is 8.42 Å². The molecule has 0 aliphatic rings. The number of sulfonamides is 1. The Balaban J connectivity index is 3.58. The first-order chi connectivity index (χ1) is 8.97. The first-order valence-corrected chi connectivity index (χ1v) is 7.05. The summed E-state index contributed by atoms with van der Waals surface area (Å²) in [5.41, 5.74) is 0.268. The summed E-state index contributed by atoms with van der Waals surface area (Å²) < 4.78 is 31.4. The first-order valence-electron chi connectivity index (χ1n) is 5.61. The minimum Gasteiger partial charge on any atom is -0.462 e. The number of esters is 1. The molecule has 0 aromatic heterocycles. The minimum absolute atomic E-state index is 0.117. The third-order valence-corrected chi connectivity index (χ3v) is 3.70. The lowest BCUT2D eigenvalue weighted by Gasteiger charge is -2.10. The molecule has 19 heavy (non-hydrogen) atoms. The van der Waals surface area contributed by atoms with Gasteiger partial charge in [0, 0.05) is 0 Å². The van der Waals surface area contributed by atoms with E-state index in [1.165, 1.54) is 6.07 Å². The highest BCUT2D eigenvalue weighted by Gasteiger charge is 2.25. The van der Waals surface area contributed by atoms with E-state index in [0.29, 0.717) is 12.0 Å². The number of hydrogen-bond acceptors (Lipinski definition) is 5. The molecule has 0 amide bonds. The molecule has 102 valence electrons. The molecule has 1 aromatic rings. The minimum atomic E-state index is -4.25. The average Bonchev–Trinajstić information content (AvgIpc) is 2.38. The molecule has 0 N–H and O–H groups in total. The molecular weight excluding hydrogens is 270 g/mol. The molecule has 0 saturated heterocycles. The van der Waals surface area contributed by atoms with Gasteiger partial charge < -0.3 is 4.74 Å². The standard InChI is InChI=1S/C12H13NO5S/c1-3-9-6-5-7-10(12(15)18-4-2)11(9)19(16,17)13-8-14/h5-7H,3-4H2,1-2H3. The Morgan fingerprint density at radius 2 is 2.05 bits per heavy atom. The van der Waals surface area contributed by atoms with E-state index in [0.717, 1.165) is 6.08 Å². The average molecular weight is 283 g/mol. The monoisotopic (exact) mass is 283 g/mol. The van der Waals surface area contributed by atoms with Crippen LogP contribution < -0.4 is 0 Å². The molecule has 1 aromatic carbocycles. The van der Waals surface area contributed by atoms with Crippen molar-refractivity contribution in [3.8, 4) is 0 Å². The maximum absolute atomic E-state index is 11.9. The van der Waals surface area contributed by atoms with Crippen LogP contribution in [0.4, 0.5) is 0 Å². The summed E-state index contributed by atoms with van der Waals surface area (Å²) in [7, 11) is -4.25. The van der Waals surface area contributed by atoms with Crippen LogP contribution in [0.1, 0.15) is 29.8 Å². The normalized spacial score (nSPS) is 10.6. The Kier molecular flexibility index (Phi) is 4.97. The number of nitrogens with zero attached hydrogens (tertiary/aromatic N) is 1. The zero-order valence-corrected chi connectivity index (χ0v) is 11.4. The van der Waals surface area contributed by atoms with Gasteiger partial charge in [0.1, 0.15) is 4.90 Å². The van der Waals surface area contributed by atoms with Crippen molar-refractivity contribution in [1.29, 1.82) is 0 Å². The SMILES string of the molecule is CCOC(=O)c1cccc(CC)c1S(=O)(=O)N=C=O. The van der Waals surface area contributed by atoms with E-state index in [4.69, 9.17) is 4.74 Å². The van der Waals surface area contributed by atoms with Gasteiger partial charge in [0.25, 0.3) is 16.1 Å². The maximum Gasteiger partial charge on any atom is 0.339 e. The highest BCUT2D eigenvalue weighted by Crippen LogP contribution is 2.24. The van der Waals surface area contributed by atoms with E-state index in [1.54, 1.807) is 26.0 Å². The molecule has 0 saturated carbocycles. The summed E-state index contributed by atoms with van der Waals surface area (Å²) in [6.07, 6.45) is 1.36. The molecule has 0 spiro atoms. The second-order valence-corrected chi connectivity index (χ2v) is 5.07. The molecule has 0 atom stereocenters. The maximum atomic E-state index is 11.9. The summed E-state index contributed by atoms with van der Waals surface area (Å²) in [5.74, 6) is -0.766. The molecule has 0 radical (unpaired) electrons. The number of ether oxygens (including phenoxy) is 1. The van der Waals surface area contributed by atoms with Crippen LogP contribution in [-0.2, 0) is 26.0 Å². The van der Waals surface area contributed by atoms with Crippen LogP contribution in [0.2, 0.25) is 0 Å². The number of carbonyl (C=O) groups excluding carboxylic acids is 2. The number of rotatable bonds is 5. The second-order valence-electron chi connectivity index (χ2n) is 3.53. The Hall–Kier alpha value is -1.98. The largest absolute Gasteiger partial charge is 0.462 e. The number of carbonyl (C=O) groups is 1. The molecule has 0 unspecified atom stereocenters. The predicted octanol–water partition coefficient (Wildman–Crippen LogP) is 1.45. The van der Waals surface area contributed by atoms with Gasteiger partial charge in [-0.1, -0.05) is 23.5 Å². The van der Waals surface area contributed by atoms with Gasteiger partial charge in [0.15, 0.2) is 0 Å². The third kappa shape index (κ3) is 3.27. The van der Waals surface area contributed by atoms with Crippen molar-refractivity contribution in [2.24, 2.45) is 4.40 Å². The molecule has 0 heterocycles. The number of isocyanates is 1. The van der Waals surface area contributed by atoms with Crippen LogP contribution in [0.3, 0.4) is 0 Å². The van der Waals surface area contributed by atoms with Crippen LogP contribution >= 0.6 is 0 Å². The van der Waals surface area contributed by atoms with Crippen LogP contribution in [0.5, 0.6) is 0 Å². The van der Waals surface area contributed by atoms with Gasteiger partial charge in [-0.05, 0) is 25.0 Å². The molecule has 6 nitrogen and oxygen atoms in total. The Morgan fingerprint density at radius 3 is 2.58 bits per heavy atom. The lowest BCUT2D eigenvalue weighted by molar-refractivity contribution is 0.0521.